The lowest BCUT2D eigenvalue weighted by atomic mass is 10.0. The summed E-state index contributed by atoms with van der Waals surface area (Å²) in [6.45, 7) is 6.03. The van der Waals surface area contributed by atoms with Crippen LogP contribution in [0, 0.1) is 17.2 Å². The van der Waals surface area contributed by atoms with Crippen molar-refractivity contribution in [3.05, 3.63) is 0 Å². The zero-order valence-corrected chi connectivity index (χ0v) is 12.0. The van der Waals surface area contributed by atoms with Gasteiger partial charge in [-0.3, -0.25) is 5.32 Å². The smallest absolute Gasteiger partial charge is 0.0977 e. The lowest BCUT2D eigenvalue weighted by Crippen LogP contribution is -2.30. The first kappa shape index (κ1) is 15.5. The number of nitrogens with one attached hydrogen (secondary N) is 1. The molecule has 0 heterocycles. The van der Waals surface area contributed by atoms with Gasteiger partial charge in [0.25, 0.3) is 0 Å². The van der Waals surface area contributed by atoms with Gasteiger partial charge in [-0.15, -0.1) is 0 Å². The van der Waals surface area contributed by atoms with Gasteiger partial charge in [-0.1, -0.05) is 33.1 Å². The third kappa shape index (κ3) is 6.98. The van der Waals surface area contributed by atoms with Crippen LogP contribution in [0.5, 0.6) is 0 Å². The molecule has 0 saturated heterocycles. The summed E-state index contributed by atoms with van der Waals surface area (Å²) in [5.74, 6) is 0.696. The predicted molar refractivity (Wildman–Crippen MR) is 74.3 cm³/mol. The number of nitriles is 1. The highest BCUT2D eigenvalue weighted by atomic mass is 16.5. The van der Waals surface area contributed by atoms with Crippen molar-refractivity contribution in [2.45, 2.75) is 70.9 Å². The van der Waals surface area contributed by atoms with Crippen LogP contribution in [0.2, 0.25) is 0 Å². The van der Waals surface area contributed by atoms with Crippen LogP contribution >= 0.6 is 0 Å². The Hall–Kier alpha value is -0.590. The minimum absolute atomic E-state index is 0.0202. The van der Waals surface area contributed by atoms with E-state index in [2.05, 4.69) is 25.2 Å². The molecular formula is C15H28N2O. The fourth-order valence-corrected chi connectivity index (χ4v) is 2.07. The van der Waals surface area contributed by atoms with Crippen LogP contribution in [0.25, 0.3) is 0 Å². The molecule has 1 saturated carbocycles. The highest BCUT2D eigenvalue weighted by Crippen LogP contribution is 2.20. The van der Waals surface area contributed by atoms with Crippen molar-refractivity contribution >= 4 is 0 Å². The molecule has 0 aromatic heterocycles. The standard InChI is InChI=1S/C15H28N2O/c1-3-5-6-13(4-2)12-18-10-9-15(11-16)17-14-7-8-14/h13-15,17H,3-10,12H2,1-2H3. The Bertz CT molecular complexity index is 245. The van der Waals surface area contributed by atoms with Gasteiger partial charge >= 0.3 is 0 Å². The molecule has 0 amide bonds. The van der Waals surface area contributed by atoms with Gasteiger partial charge in [-0.2, -0.15) is 5.26 Å². The highest BCUT2D eigenvalue weighted by Gasteiger charge is 2.24. The van der Waals surface area contributed by atoms with E-state index in [0.717, 1.165) is 13.0 Å². The van der Waals surface area contributed by atoms with E-state index < -0.39 is 0 Å². The van der Waals surface area contributed by atoms with E-state index in [9.17, 15) is 0 Å². The second-order valence-corrected chi connectivity index (χ2v) is 5.40. The van der Waals surface area contributed by atoms with Crippen LogP contribution in [0.3, 0.4) is 0 Å². The van der Waals surface area contributed by atoms with Crippen molar-refractivity contribution in [3.8, 4) is 6.07 Å². The van der Waals surface area contributed by atoms with Crippen LogP contribution < -0.4 is 5.32 Å². The molecule has 0 aromatic carbocycles. The average Bonchev–Trinajstić information content (AvgIpc) is 3.20. The Morgan fingerprint density at radius 3 is 2.67 bits per heavy atom. The second kappa shape index (κ2) is 9.35. The summed E-state index contributed by atoms with van der Waals surface area (Å²) >= 11 is 0. The zero-order chi connectivity index (χ0) is 13.2. The van der Waals surface area contributed by atoms with Crippen LogP contribution in [0.15, 0.2) is 0 Å². The minimum atomic E-state index is -0.0202. The first-order valence-corrected chi connectivity index (χ1v) is 7.53. The van der Waals surface area contributed by atoms with Crippen LogP contribution in [0.1, 0.15) is 58.8 Å². The Kier molecular flexibility index (Phi) is 8.04. The number of unbranched alkanes of at least 4 members (excludes halogenated alkanes) is 1. The topological polar surface area (TPSA) is 45.0 Å². The molecule has 2 unspecified atom stereocenters. The summed E-state index contributed by atoms with van der Waals surface area (Å²) in [7, 11) is 0. The zero-order valence-electron chi connectivity index (χ0n) is 12.0. The maximum Gasteiger partial charge on any atom is 0.0977 e. The molecule has 1 N–H and O–H groups in total. The van der Waals surface area contributed by atoms with E-state index in [1.54, 1.807) is 0 Å². The SMILES string of the molecule is CCCCC(CC)COCCC(C#N)NC1CC1. The summed E-state index contributed by atoms with van der Waals surface area (Å²) in [6.07, 6.45) is 8.31. The maximum atomic E-state index is 9.01. The molecular weight excluding hydrogens is 224 g/mol. The highest BCUT2D eigenvalue weighted by molar-refractivity contribution is 4.95. The lowest BCUT2D eigenvalue weighted by molar-refractivity contribution is 0.0893. The van der Waals surface area contributed by atoms with Gasteiger partial charge < -0.3 is 4.74 Å². The van der Waals surface area contributed by atoms with Crippen molar-refractivity contribution in [3.63, 3.8) is 0 Å². The monoisotopic (exact) mass is 252 g/mol. The summed E-state index contributed by atoms with van der Waals surface area (Å²) in [6, 6.07) is 2.90. The van der Waals surface area contributed by atoms with E-state index in [1.165, 1.54) is 38.5 Å². The van der Waals surface area contributed by atoms with Crippen molar-refractivity contribution in [2.75, 3.05) is 13.2 Å². The van der Waals surface area contributed by atoms with E-state index in [1.807, 2.05) is 0 Å². The normalized spacial score (nSPS) is 18.3. The molecule has 0 aromatic rings. The van der Waals surface area contributed by atoms with E-state index in [4.69, 9.17) is 10.00 Å². The number of rotatable bonds is 11. The van der Waals surface area contributed by atoms with Crippen molar-refractivity contribution in [2.24, 2.45) is 5.92 Å². The molecule has 3 nitrogen and oxygen atoms in total. The average molecular weight is 252 g/mol. The Morgan fingerprint density at radius 1 is 1.33 bits per heavy atom. The number of ether oxygens (including phenoxy) is 1. The molecule has 3 heteroatoms. The van der Waals surface area contributed by atoms with Gasteiger partial charge in [-0.05, 0) is 31.6 Å². The summed E-state index contributed by atoms with van der Waals surface area (Å²) in [5, 5.41) is 12.3. The molecule has 104 valence electrons. The van der Waals surface area contributed by atoms with Crippen molar-refractivity contribution in [1.29, 1.82) is 5.26 Å². The van der Waals surface area contributed by atoms with Crippen molar-refractivity contribution in [1.82, 2.24) is 5.32 Å². The molecule has 2 atom stereocenters. The molecule has 0 radical (unpaired) electrons. The van der Waals surface area contributed by atoms with Crippen LogP contribution in [-0.2, 0) is 4.74 Å². The Morgan fingerprint density at radius 2 is 2.11 bits per heavy atom. The van der Waals surface area contributed by atoms with Gasteiger partial charge in [0.1, 0.15) is 0 Å². The van der Waals surface area contributed by atoms with E-state index >= 15 is 0 Å². The molecule has 1 aliphatic rings. The van der Waals surface area contributed by atoms with Gasteiger partial charge in [0.05, 0.1) is 12.1 Å². The lowest BCUT2D eigenvalue weighted by Gasteiger charge is -2.16. The molecule has 0 spiro atoms. The Balaban J connectivity index is 2.02. The summed E-state index contributed by atoms with van der Waals surface area (Å²) in [5.41, 5.74) is 0. The third-order valence-corrected chi connectivity index (χ3v) is 3.62. The van der Waals surface area contributed by atoms with Gasteiger partial charge in [0.2, 0.25) is 0 Å². The summed E-state index contributed by atoms with van der Waals surface area (Å²) < 4.78 is 5.73. The quantitative estimate of drug-likeness (QED) is 0.574. The fraction of sp³-hybridized carbons (Fsp3) is 0.933. The number of hydrogen-bond acceptors (Lipinski definition) is 3. The number of nitrogens with zero attached hydrogens (tertiary/aromatic N) is 1. The van der Waals surface area contributed by atoms with Gasteiger partial charge in [0, 0.05) is 19.3 Å². The summed E-state index contributed by atoms with van der Waals surface area (Å²) in [4.78, 5) is 0. The minimum Gasteiger partial charge on any atom is -0.381 e. The molecule has 0 aliphatic heterocycles. The molecule has 1 fully saturated rings. The fourth-order valence-electron chi connectivity index (χ4n) is 2.07. The maximum absolute atomic E-state index is 9.01. The Labute approximate surface area is 112 Å². The third-order valence-electron chi connectivity index (χ3n) is 3.62. The first-order chi connectivity index (χ1) is 8.80. The number of hydrogen-bond donors (Lipinski definition) is 1. The van der Waals surface area contributed by atoms with E-state index in [-0.39, 0.29) is 6.04 Å². The van der Waals surface area contributed by atoms with Crippen molar-refractivity contribution < 1.29 is 4.74 Å². The predicted octanol–water partition coefficient (Wildman–Crippen LogP) is 3.25. The molecule has 18 heavy (non-hydrogen) atoms. The van der Waals surface area contributed by atoms with Crippen LogP contribution in [-0.4, -0.2) is 25.3 Å². The van der Waals surface area contributed by atoms with Gasteiger partial charge in [-0.25, -0.2) is 0 Å². The van der Waals surface area contributed by atoms with E-state index in [0.29, 0.717) is 18.6 Å². The molecule has 1 aliphatic carbocycles. The molecule has 1 rings (SSSR count). The van der Waals surface area contributed by atoms with Crippen LogP contribution in [0.4, 0.5) is 0 Å². The largest absolute Gasteiger partial charge is 0.381 e. The first-order valence-electron chi connectivity index (χ1n) is 7.53. The van der Waals surface area contributed by atoms with Gasteiger partial charge in [0.15, 0.2) is 0 Å². The molecule has 0 bridgehead atoms. The second-order valence-electron chi connectivity index (χ2n) is 5.40.